The molecular formula is C22H30N4O3. The van der Waals surface area contributed by atoms with E-state index in [2.05, 4.69) is 20.9 Å². The number of guanidine groups is 1. The van der Waals surface area contributed by atoms with Crippen LogP contribution in [0.3, 0.4) is 0 Å². The number of nitrogens with one attached hydrogen (secondary N) is 3. The molecule has 7 nitrogen and oxygen atoms in total. The molecule has 0 fully saturated rings. The summed E-state index contributed by atoms with van der Waals surface area (Å²) < 4.78 is 11.2. The first kappa shape index (κ1) is 22.1. The maximum absolute atomic E-state index is 11.9. The average molecular weight is 399 g/mol. The van der Waals surface area contributed by atoms with Gasteiger partial charge in [0.05, 0.1) is 13.7 Å². The molecule has 0 heterocycles. The Labute approximate surface area is 172 Å². The van der Waals surface area contributed by atoms with E-state index in [0.717, 1.165) is 11.3 Å². The van der Waals surface area contributed by atoms with Crippen molar-refractivity contribution < 1.29 is 14.3 Å². The zero-order chi connectivity index (χ0) is 21.3. The third kappa shape index (κ3) is 7.73. The number of ether oxygens (including phenoxy) is 2. The number of carbonyl (C=O) groups excluding carboxylic acids is 1. The molecule has 0 aromatic heterocycles. The van der Waals surface area contributed by atoms with E-state index in [4.69, 9.17) is 9.47 Å². The smallest absolute Gasteiger partial charge is 0.239 e. The number of hydrogen-bond acceptors (Lipinski definition) is 4. The second-order valence-electron chi connectivity index (χ2n) is 7.47. The molecule has 156 valence electrons. The van der Waals surface area contributed by atoms with Crippen molar-refractivity contribution in [2.75, 3.05) is 20.7 Å². The number of amides is 1. The maximum atomic E-state index is 11.9. The van der Waals surface area contributed by atoms with Crippen LogP contribution in [-0.2, 0) is 11.3 Å². The van der Waals surface area contributed by atoms with Crippen LogP contribution in [-0.4, -0.2) is 38.1 Å². The summed E-state index contributed by atoms with van der Waals surface area (Å²) in [7, 11) is 3.28. The molecular weight excluding hydrogens is 368 g/mol. The first-order valence-electron chi connectivity index (χ1n) is 9.46. The summed E-state index contributed by atoms with van der Waals surface area (Å²) in [5, 5.41) is 9.10. The summed E-state index contributed by atoms with van der Waals surface area (Å²) in [6.45, 7) is 6.55. The first-order valence-corrected chi connectivity index (χ1v) is 9.46. The summed E-state index contributed by atoms with van der Waals surface area (Å²) >= 11 is 0. The van der Waals surface area contributed by atoms with Crippen molar-refractivity contribution in [3.63, 3.8) is 0 Å². The number of methoxy groups -OCH3 is 1. The molecule has 29 heavy (non-hydrogen) atoms. The summed E-state index contributed by atoms with van der Waals surface area (Å²) in [6, 6.07) is 15.2. The molecule has 0 atom stereocenters. The highest BCUT2D eigenvalue weighted by Gasteiger charge is 2.13. The molecule has 0 bridgehead atoms. The lowest BCUT2D eigenvalue weighted by Crippen LogP contribution is -2.48. The normalized spacial score (nSPS) is 11.6. The van der Waals surface area contributed by atoms with Crippen LogP contribution in [0.25, 0.3) is 0 Å². The van der Waals surface area contributed by atoms with Gasteiger partial charge in [0.25, 0.3) is 0 Å². The molecule has 0 saturated heterocycles. The van der Waals surface area contributed by atoms with E-state index in [1.54, 1.807) is 14.2 Å². The summed E-state index contributed by atoms with van der Waals surface area (Å²) in [4.78, 5) is 16.0. The topological polar surface area (TPSA) is 84.0 Å². The van der Waals surface area contributed by atoms with E-state index in [0.29, 0.717) is 24.0 Å². The number of aliphatic imine (C=N–C) groups is 1. The van der Waals surface area contributed by atoms with Crippen molar-refractivity contribution in [3.05, 3.63) is 54.1 Å². The van der Waals surface area contributed by atoms with E-state index in [-0.39, 0.29) is 18.0 Å². The molecule has 0 aliphatic carbocycles. The van der Waals surface area contributed by atoms with E-state index < -0.39 is 0 Å². The Morgan fingerprint density at radius 3 is 2.24 bits per heavy atom. The predicted octanol–water partition coefficient (Wildman–Crippen LogP) is 3.07. The Bertz CT molecular complexity index is 827. The van der Waals surface area contributed by atoms with Gasteiger partial charge >= 0.3 is 0 Å². The quantitative estimate of drug-likeness (QED) is 0.493. The third-order valence-electron chi connectivity index (χ3n) is 3.83. The average Bonchev–Trinajstić information content (AvgIpc) is 2.68. The van der Waals surface area contributed by atoms with Crippen molar-refractivity contribution >= 4 is 11.9 Å². The summed E-state index contributed by atoms with van der Waals surface area (Å²) in [5.41, 5.74) is 0.794. The number of rotatable bonds is 7. The lowest BCUT2D eigenvalue weighted by Gasteiger charge is -2.21. The SMILES string of the molecule is CN=C(NCC(=O)NC(C)(C)C)NCc1ccc(Oc2ccccc2OC)cc1. The van der Waals surface area contributed by atoms with Crippen LogP contribution in [0.1, 0.15) is 26.3 Å². The molecule has 0 spiro atoms. The second-order valence-corrected chi connectivity index (χ2v) is 7.47. The van der Waals surface area contributed by atoms with Gasteiger partial charge in [-0.1, -0.05) is 24.3 Å². The van der Waals surface area contributed by atoms with Crippen molar-refractivity contribution in [3.8, 4) is 17.2 Å². The lowest BCUT2D eigenvalue weighted by molar-refractivity contribution is -0.121. The van der Waals surface area contributed by atoms with E-state index in [1.807, 2.05) is 69.3 Å². The van der Waals surface area contributed by atoms with Crippen LogP contribution < -0.4 is 25.4 Å². The summed E-state index contributed by atoms with van der Waals surface area (Å²) in [5.74, 6) is 2.55. The van der Waals surface area contributed by atoms with Gasteiger partial charge in [0, 0.05) is 19.1 Å². The van der Waals surface area contributed by atoms with Crippen LogP contribution >= 0.6 is 0 Å². The fraction of sp³-hybridized carbons (Fsp3) is 0.364. The Kier molecular flexibility index (Phi) is 7.88. The van der Waals surface area contributed by atoms with Crippen molar-refractivity contribution in [2.45, 2.75) is 32.9 Å². The zero-order valence-electron chi connectivity index (χ0n) is 17.7. The molecule has 0 saturated carbocycles. The van der Waals surface area contributed by atoms with Crippen LogP contribution in [0.15, 0.2) is 53.5 Å². The molecule has 0 unspecified atom stereocenters. The number of para-hydroxylation sites is 2. The Balaban J connectivity index is 1.85. The standard InChI is InChI=1S/C22H30N4O3/c1-22(2,3)26-20(27)15-25-21(23-4)24-14-16-10-12-17(13-11-16)29-19-9-7-6-8-18(19)28-5/h6-13H,14-15H2,1-5H3,(H,26,27)(H2,23,24,25). The van der Waals surface area contributed by atoms with Crippen LogP contribution in [0.5, 0.6) is 17.2 Å². The van der Waals surface area contributed by atoms with Gasteiger partial charge in [0.1, 0.15) is 5.75 Å². The highest BCUT2D eigenvalue weighted by Crippen LogP contribution is 2.30. The minimum absolute atomic E-state index is 0.0849. The highest BCUT2D eigenvalue weighted by atomic mass is 16.5. The van der Waals surface area contributed by atoms with Crippen molar-refractivity contribution in [2.24, 2.45) is 4.99 Å². The molecule has 2 aromatic rings. The van der Waals surface area contributed by atoms with Crippen molar-refractivity contribution in [1.82, 2.24) is 16.0 Å². The van der Waals surface area contributed by atoms with E-state index in [9.17, 15) is 4.79 Å². The van der Waals surface area contributed by atoms with Gasteiger partial charge in [-0.2, -0.15) is 0 Å². The number of nitrogens with zero attached hydrogens (tertiary/aromatic N) is 1. The zero-order valence-corrected chi connectivity index (χ0v) is 17.7. The minimum atomic E-state index is -0.261. The minimum Gasteiger partial charge on any atom is -0.493 e. The van der Waals surface area contributed by atoms with Crippen LogP contribution in [0.4, 0.5) is 0 Å². The van der Waals surface area contributed by atoms with Gasteiger partial charge < -0.3 is 25.4 Å². The molecule has 0 aliphatic rings. The van der Waals surface area contributed by atoms with Gasteiger partial charge in [-0.3, -0.25) is 9.79 Å². The largest absolute Gasteiger partial charge is 0.493 e. The van der Waals surface area contributed by atoms with Gasteiger partial charge in [-0.25, -0.2) is 0 Å². The highest BCUT2D eigenvalue weighted by molar-refractivity contribution is 5.86. The number of hydrogen-bond donors (Lipinski definition) is 3. The first-order chi connectivity index (χ1) is 13.8. The monoisotopic (exact) mass is 398 g/mol. The molecule has 2 aromatic carbocycles. The van der Waals surface area contributed by atoms with Gasteiger partial charge in [-0.15, -0.1) is 0 Å². The van der Waals surface area contributed by atoms with Crippen LogP contribution in [0.2, 0.25) is 0 Å². The van der Waals surface area contributed by atoms with Crippen LogP contribution in [0, 0.1) is 0 Å². The fourth-order valence-corrected chi connectivity index (χ4v) is 2.54. The molecule has 2 rings (SSSR count). The third-order valence-corrected chi connectivity index (χ3v) is 3.83. The lowest BCUT2D eigenvalue weighted by atomic mass is 10.1. The van der Waals surface area contributed by atoms with Gasteiger partial charge in [-0.05, 0) is 50.6 Å². The molecule has 3 N–H and O–H groups in total. The van der Waals surface area contributed by atoms with Gasteiger partial charge in [0.2, 0.25) is 5.91 Å². The predicted molar refractivity (Wildman–Crippen MR) is 116 cm³/mol. The Morgan fingerprint density at radius 1 is 1.00 bits per heavy atom. The van der Waals surface area contributed by atoms with Gasteiger partial charge in [0.15, 0.2) is 17.5 Å². The molecule has 7 heteroatoms. The second kappa shape index (κ2) is 10.4. The van der Waals surface area contributed by atoms with Crippen molar-refractivity contribution in [1.29, 1.82) is 0 Å². The number of carbonyl (C=O) groups is 1. The Morgan fingerprint density at radius 2 is 1.66 bits per heavy atom. The molecule has 0 radical (unpaired) electrons. The number of benzene rings is 2. The Hall–Kier alpha value is -3.22. The fourth-order valence-electron chi connectivity index (χ4n) is 2.54. The molecule has 0 aliphatic heterocycles. The molecule has 1 amide bonds. The summed E-state index contributed by atoms with van der Waals surface area (Å²) in [6.07, 6.45) is 0. The van der Waals surface area contributed by atoms with E-state index in [1.165, 1.54) is 0 Å². The van der Waals surface area contributed by atoms with E-state index >= 15 is 0 Å². The maximum Gasteiger partial charge on any atom is 0.239 e.